The Balaban J connectivity index is 1.55. The van der Waals surface area contributed by atoms with Crippen LogP contribution >= 0.6 is 0 Å². The summed E-state index contributed by atoms with van der Waals surface area (Å²) in [5, 5.41) is 3.61. The highest BCUT2D eigenvalue weighted by atomic mass is 16.3. The maximum Gasteiger partial charge on any atom is 0.257 e. The number of nitrogens with one attached hydrogen (secondary N) is 1. The Morgan fingerprint density at radius 1 is 1.26 bits per heavy atom. The molecule has 1 aliphatic heterocycles. The Morgan fingerprint density at radius 2 is 2.04 bits per heavy atom. The minimum absolute atomic E-state index is 0.0685. The van der Waals surface area contributed by atoms with Crippen LogP contribution in [0.25, 0.3) is 0 Å². The SMILES string of the molecule is CC(C)c1cccc(NC2CCN(C(=O)c3ccoc3)CC2)c1. The van der Waals surface area contributed by atoms with Gasteiger partial charge in [0.1, 0.15) is 6.26 Å². The zero-order chi connectivity index (χ0) is 16.2. The van der Waals surface area contributed by atoms with Crippen molar-refractivity contribution in [2.75, 3.05) is 18.4 Å². The summed E-state index contributed by atoms with van der Waals surface area (Å²) in [6.45, 7) is 5.98. The maximum absolute atomic E-state index is 12.3. The van der Waals surface area contributed by atoms with Gasteiger partial charge in [0.2, 0.25) is 0 Å². The van der Waals surface area contributed by atoms with E-state index in [1.54, 1.807) is 12.3 Å². The average molecular weight is 312 g/mol. The van der Waals surface area contributed by atoms with E-state index in [1.807, 2.05) is 4.90 Å². The molecule has 0 radical (unpaired) electrons. The van der Waals surface area contributed by atoms with E-state index >= 15 is 0 Å². The predicted molar refractivity (Wildman–Crippen MR) is 91.8 cm³/mol. The molecule has 1 amide bonds. The summed E-state index contributed by atoms with van der Waals surface area (Å²) < 4.78 is 5.00. The number of piperidine rings is 1. The van der Waals surface area contributed by atoms with Crippen molar-refractivity contribution >= 4 is 11.6 Å². The van der Waals surface area contributed by atoms with E-state index in [-0.39, 0.29) is 5.91 Å². The molecule has 0 spiro atoms. The standard InChI is InChI=1S/C19H24N2O2/c1-14(2)15-4-3-5-18(12-15)20-17-6-9-21(10-7-17)19(22)16-8-11-23-13-16/h3-5,8,11-14,17,20H,6-7,9-10H2,1-2H3. The van der Waals surface area contributed by atoms with E-state index in [0.29, 0.717) is 17.5 Å². The normalized spacial score (nSPS) is 15.9. The average Bonchev–Trinajstić information content (AvgIpc) is 3.09. The van der Waals surface area contributed by atoms with Gasteiger partial charge in [0.25, 0.3) is 5.91 Å². The first-order valence-electron chi connectivity index (χ1n) is 8.31. The Morgan fingerprint density at radius 3 is 2.70 bits per heavy atom. The maximum atomic E-state index is 12.3. The number of hydrogen-bond acceptors (Lipinski definition) is 3. The fourth-order valence-electron chi connectivity index (χ4n) is 3.02. The molecule has 2 heterocycles. The van der Waals surface area contributed by atoms with Crippen molar-refractivity contribution in [1.82, 2.24) is 4.90 Å². The lowest BCUT2D eigenvalue weighted by Crippen LogP contribution is -2.42. The number of furan rings is 1. The molecule has 1 aromatic heterocycles. The topological polar surface area (TPSA) is 45.5 Å². The molecular formula is C19H24N2O2. The molecule has 1 N–H and O–H groups in total. The van der Waals surface area contributed by atoms with Gasteiger partial charge in [-0.3, -0.25) is 4.79 Å². The van der Waals surface area contributed by atoms with Gasteiger partial charge in [-0.2, -0.15) is 0 Å². The van der Waals surface area contributed by atoms with Crippen molar-refractivity contribution in [3.63, 3.8) is 0 Å². The number of carbonyl (C=O) groups is 1. The molecule has 122 valence electrons. The molecular weight excluding hydrogens is 288 g/mol. The third kappa shape index (κ3) is 3.76. The van der Waals surface area contributed by atoms with Crippen LogP contribution in [0.5, 0.6) is 0 Å². The van der Waals surface area contributed by atoms with Crippen molar-refractivity contribution in [3.8, 4) is 0 Å². The Hall–Kier alpha value is -2.23. The molecule has 3 rings (SSSR count). The summed E-state index contributed by atoms with van der Waals surface area (Å²) in [5.74, 6) is 0.602. The molecule has 2 aromatic rings. The smallest absolute Gasteiger partial charge is 0.257 e. The van der Waals surface area contributed by atoms with Crippen LogP contribution in [-0.2, 0) is 0 Å². The summed E-state index contributed by atoms with van der Waals surface area (Å²) in [6.07, 6.45) is 5.00. The molecule has 4 heteroatoms. The fraction of sp³-hybridized carbons (Fsp3) is 0.421. The summed E-state index contributed by atoms with van der Waals surface area (Å²) in [4.78, 5) is 14.2. The predicted octanol–water partition coefficient (Wildman–Crippen LogP) is 4.12. The van der Waals surface area contributed by atoms with Gasteiger partial charge < -0.3 is 14.6 Å². The van der Waals surface area contributed by atoms with Gasteiger partial charge in [0, 0.05) is 24.8 Å². The number of hydrogen-bond donors (Lipinski definition) is 1. The van der Waals surface area contributed by atoms with E-state index in [0.717, 1.165) is 25.9 Å². The van der Waals surface area contributed by atoms with Crippen LogP contribution in [-0.4, -0.2) is 29.9 Å². The minimum atomic E-state index is 0.0685. The second-order valence-corrected chi connectivity index (χ2v) is 6.50. The largest absolute Gasteiger partial charge is 0.472 e. The monoisotopic (exact) mass is 312 g/mol. The van der Waals surface area contributed by atoms with E-state index < -0.39 is 0 Å². The first kappa shape index (κ1) is 15.7. The number of likely N-dealkylation sites (tertiary alicyclic amines) is 1. The molecule has 1 aromatic carbocycles. The van der Waals surface area contributed by atoms with Crippen LogP contribution in [0.1, 0.15) is 48.5 Å². The Kier molecular flexibility index (Phi) is 4.70. The molecule has 0 atom stereocenters. The van der Waals surface area contributed by atoms with E-state index in [4.69, 9.17) is 4.42 Å². The van der Waals surface area contributed by atoms with Gasteiger partial charge in [0.05, 0.1) is 11.8 Å². The van der Waals surface area contributed by atoms with Gasteiger partial charge in [-0.15, -0.1) is 0 Å². The third-order valence-corrected chi connectivity index (χ3v) is 4.47. The fourth-order valence-corrected chi connectivity index (χ4v) is 3.02. The van der Waals surface area contributed by atoms with Crippen molar-refractivity contribution in [1.29, 1.82) is 0 Å². The van der Waals surface area contributed by atoms with Gasteiger partial charge >= 0.3 is 0 Å². The van der Waals surface area contributed by atoms with Crippen LogP contribution in [0, 0.1) is 0 Å². The second kappa shape index (κ2) is 6.90. The molecule has 4 nitrogen and oxygen atoms in total. The zero-order valence-electron chi connectivity index (χ0n) is 13.8. The first-order chi connectivity index (χ1) is 11.1. The van der Waals surface area contributed by atoms with Crippen molar-refractivity contribution < 1.29 is 9.21 Å². The summed E-state index contributed by atoms with van der Waals surface area (Å²) >= 11 is 0. The molecule has 0 saturated carbocycles. The number of carbonyl (C=O) groups excluding carboxylic acids is 1. The number of benzene rings is 1. The van der Waals surface area contributed by atoms with E-state index in [9.17, 15) is 4.79 Å². The molecule has 0 aliphatic carbocycles. The van der Waals surface area contributed by atoms with Crippen LogP contribution in [0.3, 0.4) is 0 Å². The van der Waals surface area contributed by atoms with Gasteiger partial charge in [-0.1, -0.05) is 26.0 Å². The Bertz CT molecular complexity index is 641. The molecule has 1 aliphatic rings. The van der Waals surface area contributed by atoms with Crippen LogP contribution < -0.4 is 5.32 Å². The quantitative estimate of drug-likeness (QED) is 0.923. The molecule has 1 saturated heterocycles. The molecule has 1 fully saturated rings. The lowest BCUT2D eigenvalue weighted by Gasteiger charge is -2.32. The van der Waals surface area contributed by atoms with Crippen LogP contribution in [0.2, 0.25) is 0 Å². The highest BCUT2D eigenvalue weighted by Crippen LogP contribution is 2.22. The molecule has 0 unspecified atom stereocenters. The van der Waals surface area contributed by atoms with Crippen LogP contribution in [0.4, 0.5) is 5.69 Å². The first-order valence-corrected chi connectivity index (χ1v) is 8.31. The second-order valence-electron chi connectivity index (χ2n) is 6.50. The van der Waals surface area contributed by atoms with Gasteiger partial charge in [0.15, 0.2) is 0 Å². The van der Waals surface area contributed by atoms with Crippen molar-refractivity contribution in [3.05, 3.63) is 54.0 Å². The third-order valence-electron chi connectivity index (χ3n) is 4.47. The van der Waals surface area contributed by atoms with Crippen molar-refractivity contribution in [2.45, 2.75) is 38.6 Å². The Labute approximate surface area is 137 Å². The highest BCUT2D eigenvalue weighted by Gasteiger charge is 2.24. The highest BCUT2D eigenvalue weighted by molar-refractivity contribution is 5.93. The summed E-state index contributed by atoms with van der Waals surface area (Å²) in [6, 6.07) is 10.8. The number of nitrogens with zero attached hydrogens (tertiary/aromatic N) is 1. The lowest BCUT2D eigenvalue weighted by atomic mass is 10.0. The molecule has 23 heavy (non-hydrogen) atoms. The van der Waals surface area contributed by atoms with E-state index in [2.05, 4.69) is 43.4 Å². The molecule has 0 bridgehead atoms. The number of amides is 1. The number of rotatable bonds is 4. The van der Waals surface area contributed by atoms with E-state index in [1.165, 1.54) is 17.5 Å². The minimum Gasteiger partial charge on any atom is -0.472 e. The van der Waals surface area contributed by atoms with Gasteiger partial charge in [-0.25, -0.2) is 0 Å². The summed E-state index contributed by atoms with van der Waals surface area (Å²) in [5.41, 5.74) is 3.17. The van der Waals surface area contributed by atoms with Gasteiger partial charge in [-0.05, 0) is 42.5 Å². The van der Waals surface area contributed by atoms with Crippen molar-refractivity contribution in [2.24, 2.45) is 0 Å². The zero-order valence-corrected chi connectivity index (χ0v) is 13.8. The number of anilines is 1. The van der Waals surface area contributed by atoms with Crippen LogP contribution in [0.15, 0.2) is 47.3 Å². The summed E-state index contributed by atoms with van der Waals surface area (Å²) in [7, 11) is 0. The lowest BCUT2D eigenvalue weighted by molar-refractivity contribution is 0.0718.